The number of rotatable bonds is 11. The number of nitrogens with one attached hydrogen (secondary N) is 4. The summed E-state index contributed by atoms with van der Waals surface area (Å²) < 4.78 is 18.9. The molecule has 2 amide bonds. The summed E-state index contributed by atoms with van der Waals surface area (Å²) in [6.45, 7) is 5.78. The second-order valence-corrected chi connectivity index (χ2v) is 13.3. The molecule has 1 aromatic heterocycles. The van der Waals surface area contributed by atoms with Crippen LogP contribution >= 0.6 is 23.3 Å². The molecule has 0 saturated carbocycles. The SMILES string of the molecule is Cc1cc(NC(=O)NCCCP(C)(=O)Oc2ccccc2)cc(C)c1Nc1nc(Nc2ccc(C#N)cc2)nc(N)c1Br. The Morgan fingerprint density at radius 1 is 1.02 bits per heavy atom. The molecule has 13 heteroatoms. The monoisotopic (exact) mass is 662 g/mol. The Kier molecular flexibility index (Phi) is 10.2. The van der Waals surface area contributed by atoms with Crippen molar-refractivity contribution in [3.63, 3.8) is 0 Å². The summed E-state index contributed by atoms with van der Waals surface area (Å²) in [4.78, 5) is 21.4. The number of nitrogens with two attached hydrogens (primary N) is 1. The van der Waals surface area contributed by atoms with Crippen molar-refractivity contribution >= 4 is 64.0 Å². The van der Waals surface area contributed by atoms with Crippen LogP contribution in [0.15, 0.2) is 71.2 Å². The van der Waals surface area contributed by atoms with Crippen molar-refractivity contribution < 1.29 is 13.9 Å². The fraction of sp³-hybridized carbons (Fsp3) is 0.200. The van der Waals surface area contributed by atoms with Crippen LogP contribution in [0.25, 0.3) is 0 Å². The standard InChI is InChI=1S/C30H32BrN8O3P/c1-19-16-23(36-30(40)34-14-7-15-43(3,41)42-24-8-5-4-6-9-24)17-20(2)26(19)37-28-25(31)27(33)38-29(39-28)35-22-12-10-21(18-32)11-13-22/h4-6,8-13,16-17H,7,14-15H2,1-3H3,(H2,34,36,40)(H4,33,35,37,38,39). The third-order valence-electron chi connectivity index (χ3n) is 6.25. The summed E-state index contributed by atoms with van der Waals surface area (Å²) in [5, 5.41) is 21.1. The number of aromatic nitrogens is 2. The number of halogens is 1. The van der Waals surface area contributed by atoms with Crippen LogP contribution in [0.4, 0.5) is 39.4 Å². The lowest BCUT2D eigenvalue weighted by atomic mass is 10.1. The lowest BCUT2D eigenvalue weighted by Gasteiger charge is -2.17. The van der Waals surface area contributed by atoms with E-state index >= 15 is 0 Å². The lowest BCUT2D eigenvalue weighted by molar-refractivity contribution is 0.252. The predicted octanol–water partition coefficient (Wildman–Crippen LogP) is 7.30. The van der Waals surface area contributed by atoms with Crippen LogP contribution in [0, 0.1) is 25.2 Å². The highest BCUT2D eigenvalue weighted by Gasteiger charge is 2.18. The number of urea groups is 1. The van der Waals surface area contributed by atoms with E-state index in [1.165, 1.54) is 0 Å². The summed E-state index contributed by atoms with van der Waals surface area (Å²) in [5.41, 5.74) is 10.5. The van der Waals surface area contributed by atoms with Gasteiger partial charge in [-0.25, -0.2) is 4.79 Å². The average molecular weight is 664 g/mol. The summed E-state index contributed by atoms with van der Waals surface area (Å²) in [6.07, 6.45) is 0.850. The molecule has 1 atom stereocenters. The third kappa shape index (κ3) is 8.95. The quantitative estimate of drug-likeness (QED) is 0.0817. The summed E-state index contributed by atoms with van der Waals surface area (Å²) in [7, 11) is -2.83. The molecular formula is C30H32BrN8O3P. The number of aryl methyl sites for hydroxylation is 2. The number of hydrogen-bond donors (Lipinski definition) is 5. The zero-order chi connectivity index (χ0) is 31.0. The summed E-state index contributed by atoms with van der Waals surface area (Å²) in [6, 6.07) is 21.4. The number of nitrogen functional groups attached to an aromatic ring is 1. The number of anilines is 6. The van der Waals surface area contributed by atoms with Gasteiger partial charge in [-0.05, 0) is 95.9 Å². The second kappa shape index (κ2) is 14.1. The van der Waals surface area contributed by atoms with E-state index in [0.717, 1.165) is 16.8 Å². The molecule has 4 rings (SSSR count). The Balaban J connectivity index is 1.35. The van der Waals surface area contributed by atoms with Gasteiger partial charge in [-0.15, -0.1) is 0 Å². The third-order valence-corrected chi connectivity index (χ3v) is 8.76. The van der Waals surface area contributed by atoms with E-state index < -0.39 is 7.37 Å². The number of benzene rings is 3. The number of para-hydroxylation sites is 1. The molecule has 0 spiro atoms. The van der Waals surface area contributed by atoms with Gasteiger partial charge in [0, 0.05) is 36.4 Å². The molecule has 0 saturated heterocycles. The van der Waals surface area contributed by atoms with Gasteiger partial charge in [0.15, 0.2) is 5.82 Å². The van der Waals surface area contributed by atoms with Crippen LogP contribution in [0.5, 0.6) is 5.75 Å². The van der Waals surface area contributed by atoms with Gasteiger partial charge in [0.25, 0.3) is 0 Å². The smallest absolute Gasteiger partial charge is 0.319 e. The van der Waals surface area contributed by atoms with E-state index in [-0.39, 0.29) is 17.8 Å². The van der Waals surface area contributed by atoms with E-state index in [2.05, 4.69) is 53.2 Å². The van der Waals surface area contributed by atoms with Crippen molar-refractivity contribution in [1.29, 1.82) is 5.26 Å². The number of nitriles is 1. The Bertz CT molecular complexity index is 1670. The highest BCUT2D eigenvalue weighted by Crippen LogP contribution is 2.43. The molecule has 1 heterocycles. The molecule has 0 bridgehead atoms. The van der Waals surface area contributed by atoms with Gasteiger partial charge >= 0.3 is 6.03 Å². The lowest BCUT2D eigenvalue weighted by Crippen LogP contribution is -2.30. The van der Waals surface area contributed by atoms with E-state index in [9.17, 15) is 9.36 Å². The molecule has 6 N–H and O–H groups in total. The van der Waals surface area contributed by atoms with Crippen LogP contribution < -0.4 is 31.5 Å². The molecule has 0 aliphatic heterocycles. The van der Waals surface area contributed by atoms with Crippen LogP contribution in [0.1, 0.15) is 23.1 Å². The molecular weight excluding hydrogens is 631 g/mol. The first-order valence-corrected chi connectivity index (χ1v) is 16.4. The molecule has 0 aliphatic rings. The fourth-order valence-corrected chi connectivity index (χ4v) is 5.87. The number of hydrogen-bond acceptors (Lipinski definition) is 9. The molecule has 4 aromatic rings. The highest BCUT2D eigenvalue weighted by molar-refractivity contribution is 9.10. The largest absolute Gasteiger partial charge is 0.443 e. The number of carbonyl (C=O) groups is 1. The fourth-order valence-electron chi connectivity index (χ4n) is 4.21. The minimum absolute atomic E-state index is 0.241. The first-order chi connectivity index (χ1) is 20.5. The molecule has 222 valence electrons. The molecule has 0 aliphatic carbocycles. The first kappa shape index (κ1) is 31.3. The van der Waals surface area contributed by atoms with E-state index in [0.29, 0.717) is 52.1 Å². The van der Waals surface area contributed by atoms with Crippen LogP contribution in [-0.2, 0) is 4.57 Å². The molecule has 0 radical (unpaired) electrons. The van der Waals surface area contributed by atoms with Crippen molar-refractivity contribution in [1.82, 2.24) is 15.3 Å². The maximum atomic E-state index is 12.7. The highest BCUT2D eigenvalue weighted by atomic mass is 79.9. The van der Waals surface area contributed by atoms with Gasteiger partial charge < -0.3 is 31.5 Å². The average Bonchev–Trinajstić information content (AvgIpc) is 2.96. The zero-order valence-corrected chi connectivity index (χ0v) is 26.4. The van der Waals surface area contributed by atoms with Crippen molar-refractivity contribution in [2.45, 2.75) is 20.3 Å². The van der Waals surface area contributed by atoms with Crippen molar-refractivity contribution in [3.8, 4) is 11.8 Å². The zero-order valence-electron chi connectivity index (χ0n) is 23.9. The van der Waals surface area contributed by atoms with Crippen LogP contribution in [0.2, 0.25) is 0 Å². The summed E-state index contributed by atoms with van der Waals surface area (Å²) >= 11 is 3.46. The maximum Gasteiger partial charge on any atom is 0.319 e. The predicted molar refractivity (Wildman–Crippen MR) is 175 cm³/mol. The van der Waals surface area contributed by atoms with Crippen LogP contribution in [0.3, 0.4) is 0 Å². The van der Waals surface area contributed by atoms with Crippen molar-refractivity contribution in [2.75, 3.05) is 41.1 Å². The topological polar surface area (TPSA) is 167 Å². The Hall–Kier alpha value is -4.59. The minimum Gasteiger partial charge on any atom is -0.443 e. The van der Waals surface area contributed by atoms with Crippen LogP contribution in [-0.4, -0.2) is 35.4 Å². The first-order valence-electron chi connectivity index (χ1n) is 13.4. The van der Waals surface area contributed by atoms with Gasteiger partial charge in [0.1, 0.15) is 16.0 Å². The molecule has 0 fully saturated rings. The Labute approximate surface area is 258 Å². The number of carbonyl (C=O) groups excluding carboxylic acids is 1. The minimum atomic E-state index is -2.83. The Morgan fingerprint density at radius 2 is 1.70 bits per heavy atom. The van der Waals surface area contributed by atoms with Gasteiger partial charge in [-0.3, -0.25) is 4.57 Å². The van der Waals surface area contributed by atoms with Crippen molar-refractivity contribution in [3.05, 3.63) is 87.9 Å². The van der Waals surface area contributed by atoms with Gasteiger partial charge in [-0.2, -0.15) is 15.2 Å². The molecule has 3 aromatic carbocycles. The Morgan fingerprint density at radius 3 is 2.35 bits per heavy atom. The van der Waals surface area contributed by atoms with Gasteiger partial charge in [0.2, 0.25) is 13.3 Å². The molecule has 11 nitrogen and oxygen atoms in total. The van der Waals surface area contributed by atoms with E-state index in [1.54, 1.807) is 43.1 Å². The second-order valence-electron chi connectivity index (χ2n) is 9.90. The normalized spacial score (nSPS) is 12.0. The van der Waals surface area contributed by atoms with E-state index in [1.807, 2.05) is 44.2 Å². The van der Waals surface area contributed by atoms with Gasteiger partial charge in [0.05, 0.1) is 11.6 Å². The summed E-state index contributed by atoms with van der Waals surface area (Å²) in [5.74, 6) is 1.55. The number of nitrogens with zero attached hydrogens (tertiary/aromatic N) is 3. The van der Waals surface area contributed by atoms with Crippen molar-refractivity contribution in [2.24, 2.45) is 0 Å². The molecule has 43 heavy (non-hydrogen) atoms. The van der Waals surface area contributed by atoms with Gasteiger partial charge in [-0.1, -0.05) is 18.2 Å². The molecule has 1 unspecified atom stereocenters. The van der Waals surface area contributed by atoms with E-state index in [4.69, 9.17) is 15.5 Å². The number of amides is 2. The maximum absolute atomic E-state index is 12.7.